The van der Waals surface area contributed by atoms with Crippen LogP contribution >= 0.6 is 0 Å². The Morgan fingerprint density at radius 1 is 1.21 bits per heavy atom. The van der Waals surface area contributed by atoms with Gasteiger partial charge in [-0.3, -0.25) is 8.69 Å². The number of rotatable bonds is 3. The monoisotopic (exact) mass is 214 g/mol. The largest absolute Gasteiger partial charge is 0.755 e. The van der Waals surface area contributed by atoms with Crippen molar-refractivity contribution in [3.63, 3.8) is 0 Å². The van der Waals surface area contributed by atoms with Crippen LogP contribution in [0.1, 0.15) is 0 Å². The molecule has 1 N–H and O–H groups in total. The first-order valence-electron chi connectivity index (χ1n) is 4.17. The Labute approximate surface area is 86.6 Å². The highest BCUT2D eigenvalue weighted by Crippen LogP contribution is 2.19. The third kappa shape index (κ3) is 3.10. The van der Waals surface area contributed by atoms with E-state index in [0.29, 0.717) is 10.2 Å². The average molecular weight is 214 g/mol. The summed E-state index contributed by atoms with van der Waals surface area (Å²) in [6, 6.07) is 7.29. The van der Waals surface area contributed by atoms with Crippen molar-refractivity contribution in [1.29, 1.82) is 0 Å². The molecule has 14 heavy (non-hydrogen) atoms. The van der Waals surface area contributed by atoms with E-state index in [1.807, 2.05) is 33.3 Å². The fraction of sp³-hybridized carbons (Fsp3) is 0.333. The zero-order valence-electron chi connectivity index (χ0n) is 8.48. The van der Waals surface area contributed by atoms with E-state index >= 15 is 0 Å². The Bertz CT molecular complexity index is 330. The zero-order valence-corrected chi connectivity index (χ0v) is 9.30. The topological polar surface area (TPSA) is 52.2 Å². The third-order valence-corrected chi connectivity index (χ3v) is 2.25. The molecular weight excluding hydrogens is 200 g/mol. The molecule has 0 aliphatic rings. The molecule has 78 valence electrons. The number of hydrogen-bond acceptors (Lipinski definition) is 2. The van der Waals surface area contributed by atoms with Gasteiger partial charge in [-0.15, -0.1) is 0 Å². The summed E-state index contributed by atoms with van der Waals surface area (Å²) in [5.74, 6) is 0. The molecule has 4 nitrogen and oxygen atoms in total. The average Bonchev–Trinajstić information content (AvgIpc) is 2.02. The van der Waals surface area contributed by atoms with E-state index in [1.54, 1.807) is 12.1 Å². The molecule has 0 fully saturated rings. The third-order valence-electron chi connectivity index (χ3n) is 1.84. The number of anilines is 1. The van der Waals surface area contributed by atoms with E-state index in [2.05, 4.69) is 4.72 Å². The summed E-state index contributed by atoms with van der Waals surface area (Å²) in [5, 5.41) is 0. The number of hydrogen-bond donors (Lipinski definition) is 1. The van der Waals surface area contributed by atoms with Crippen molar-refractivity contribution >= 4 is 22.6 Å². The van der Waals surface area contributed by atoms with Crippen LogP contribution in [0, 0.1) is 0 Å². The van der Waals surface area contributed by atoms with Crippen LogP contribution in [0.2, 0.25) is 0 Å². The van der Waals surface area contributed by atoms with Crippen LogP contribution in [-0.2, 0) is 11.3 Å². The van der Waals surface area contributed by atoms with Gasteiger partial charge in [-0.05, 0) is 12.1 Å². The number of nitrogens with zero attached hydrogens (tertiary/aromatic N) is 1. The van der Waals surface area contributed by atoms with E-state index in [9.17, 15) is 8.76 Å². The maximum atomic E-state index is 10.3. The molecule has 0 aliphatic carbocycles. The van der Waals surface area contributed by atoms with Crippen LogP contribution in [0.15, 0.2) is 24.3 Å². The predicted octanol–water partition coefficient (Wildman–Crippen LogP) is 1.09. The minimum Gasteiger partial charge on any atom is -0.755 e. The molecule has 0 aromatic heterocycles. The molecule has 0 spiro atoms. The smallest absolute Gasteiger partial charge is 0.132 e. The Morgan fingerprint density at radius 2 is 1.71 bits per heavy atom. The normalized spacial score (nSPS) is 13.7. The van der Waals surface area contributed by atoms with Gasteiger partial charge >= 0.3 is 0 Å². The molecular formula is C9H14N2O2S. The van der Waals surface area contributed by atoms with E-state index in [0.717, 1.165) is 5.69 Å². The zero-order chi connectivity index (χ0) is 10.8. The summed E-state index contributed by atoms with van der Waals surface area (Å²) in [4.78, 5) is 0. The van der Waals surface area contributed by atoms with Crippen LogP contribution in [0.25, 0.3) is 0 Å². The molecule has 1 unspecified atom stereocenters. The minimum atomic E-state index is -2.25. The van der Waals surface area contributed by atoms with Gasteiger partial charge in [0.25, 0.3) is 0 Å². The van der Waals surface area contributed by atoms with Gasteiger partial charge in [-0.1, -0.05) is 0 Å². The van der Waals surface area contributed by atoms with Gasteiger partial charge in [0.05, 0.1) is 21.1 Å². The maximum absolute atomic E-state index is 10.3. The van der Waals surface area contributed by atoms with Gasteiger partial charge in [0.1, 0.15) is 5.69 Å². The molecule has 1 atom stereocenters. The predicted molar refractivity (Wildman–Crippen MR) is 58.6 cm³/mol. The van der Waals surface area contributed by atoms with Crippen LogP contribution < -0.4 is 9.21 Å². The molecule has 1 aromatic rings. The first kappa shape index (κ1) is 11.2. The number of nitrogens with one attached hydrogen (secondary N) is 1. The van der Waals surface area contributed by atoms with Crippen LogP contribution in [0.5, 0.6) is 0 Å². The van der Waals surface area contributed by atoms with E-state index in [4.69, 9.17) is 0 Å². The van der Waals surface area contributed by atoms with Gasteiger partial charge < -0.3 is 9.27 Å². The van der Waals surface area contributed by atoms with Crippen LogP contribution in [0.3, 0.4) is 0 Å². The number of quaternary nitrogens is 1. The molecule has 1 rings (SSSR count). The number of benzene rings is 1. The lowest BCUT2D eigenvalue weighted by Gasteiger charge is -2.23. The summed E-state index contributed by atoms with van der Waals surface area (Å²) in [6.07, 6.45) is 0. The van der Waals surface area contributed by atoms with E-state index < -0.39 is 11.3 Å². The molecule has 0 saturated heterocycles. The fourth-order valence-corrected chi connectivity index (χ4v) is 1.40. The van der Waals surface area contributed by atoms with Crippen molar-refractivity contribution in [2.45, 2.75) is 0 Å². The highest BCUT2D eigenvalue weighted by molar-refractivity contribution is 7.80. The highest BCUT2D eigenvalue weighted by atomic mass is 32.2. The first-order chi connectivity index (χ1) is 6.39. The Kier molecular flexibility index (Phi) is 3.25. The lowest BCUT2D eigenvalue weighted by atomic mass is 10.2. The SMILES string of the molecule is C[N+](C)(C)c1ccc(NS(=O)[O-])cc1. The Morgan fingerprint density at radius 3 is 2.07 bits per heavy atom. The lowest BCUT2D eigenvalue weighted by Crippen LogP contribution is -2.34. The van der Waals surface area contributed by atoms with Gasteiger partial charge in [0.15, 0.2) is 0 Å². The quantitative estimate of drug-likeness (QED) is 0.605. The van der Waals surface area contributed by atoms with Crippen molar-refractivity contribution in [2.75, 3.05) is 25.9 Å². The molecule has 0 bridgehead atoms. The Hall–Kier alpha value is -0.910. The van der Waals surface area contributed by atoms with Crippen molar-refractivity contribution in [3.8, 4) is 0 Å². The second-order valence-electron chi connectivity index (χ2n) is 3.90. The standard InChI is InChI=1S/C9H14N2O2S/c1-11(2,3)9-6-4-8(5-7-9)10-14(12)13/h4-7,10H,1-3H3. The molecule has 0 amide bonds. The van der Waals surface area contributed by atoms with Crippen molar-refractivity contribution in [3.05, 3.63) is 24.3 Å². The molecule has 0 saturated carbocycles. The van der Waals surface area contributed by atoms with Gasteiger partial charge in [0.2, 0.25) is 0 Å². The summed E-state index contributed by atoms with van der Waals surface area (Å²) in [5.41, 5.74) is 1.70. The van der Waals surface area contributed by atoms with Gasteiger partial charge in [0, 0.05) is 29.1 Å². The minimum absolute atomic E-state index is 0.579. The van der Waals surface area contributed by atoms with Crippen LogP contribution in [0.4, 0.5) is 11.4 Å². The molecule has 0 heterocycles. The molecule has 1 aromatic carbocycles. The van der Waals surface area contributed by atoms with E-state index in [1.165, 1.54) is 0 Å². The molecule has 5 heteroatoms. The first-order valence-corrected chi connectivity index (χ1v) is 5.25. The summed E-state index contributed by atoms with van der Waals surface area (Å²) < 4.78 is 23.7. The highest BCUT2D eigenvalue weighted by Gasteiger charge is 2.10. The van der Waals surface area contributed by atoms with Crippen molar-refractivity contribution in [2.24, 2.45) is 0 Å². The van der Waals surface area contributed by atoms with Crippen molar-refractivity contribution in [1.82, 2.24) is 4.48 Å². The van der Waals surface area contributed by atoms with Crippen molar-refractivity contribution < 1.29 is 8.76 Å². The maximum Gasteiger partial charge on any atom is 0.132 e. The summed E-state index contributed by atoms with van der Waals surface area (Å²) >= 11 is -2.25. The van der Waals surface area contributed by atoms with Gasteiger partial charge in [-0.25, -0.2) is 0 Å². The lowest BCUT2D eigenvalue weighted by molar-refractivity contribution is 0.486. The van der Waals surface area contributed by atoms with Crippen LogP contribution in [-0.4, -0.2) is 29.9 Å². The fourth-order valence-electron chi connectivity index (χ4n) is 1.07. The second kappa shape index (κ2) is 4.08. The van der Waals surface area contributed by atoms with Gasteiger partial charge in [-0.2, -0.15) is 0 Å². The Balaban J connectivity index is 2.84. The molecule has 0 radical (unpaired) electrons. The summed E-state index contributed by atoms with van der Waals surface area (Å²) in [7, 11) is 6.15. The molecule has 0 aliphatic heterocycles. The summed E-state index contributed by atoms with van der Waals surface area (Å²) in [6.45, 7) is 0. The van der Waals surface area contributed by atoms with E-state index in [-0.39, 0.29) is 0 Å². The second-order valence-corrected chi connectivity index (χ2v) is 4.57.